The van der Waals surface area contributed by atoms with Crippen LogP contribution >= 0.6 is 0 Å². The molecular weight excluding hydrogens is 192 g/mol. The fourth-order valence-electron chi connectivity index (χ4n) is 1.42. The number of hydrogen-bond acceptors (Lipinski definition) is 3. The zero-order chi connectivity index (χ0) is 10.7. The van der Waals surface area contributed by atoms with Crippen LogP contribution in [-0.2, 0) is 4.79 Å². The van der Waals surface area contributed by atoms with Crippen molar-refractivity contribution in [1.82, 2.24) is 4.98 Å². The lowest BCUT2D eigenvalue weighted by Gasteiger charge is -2.14. The van der Waals surface area contributed by atoms with Gasteiger partial charge in [-0.05, 0) is 24.1 Å². The normalized spacial score (nSPS) is 15.3. The summed E-state index contributed by atoms with van der Waals surface area (Å²) in [6.45, 7) is 0. The standard InChI is InChI=1S/C11H12N2O2/c14-11(15)7-9(8-4-5-8)13-10-3-1-2-6-12-10/h1-4,6,9H,5,7H2,(H,12,13)(H,14,15). The lowest BCUT2D eigenvalue weighted by molar-refractivity contribution is -0.137. The first kappa shape index (κ1) is 9.71. The summed E-state index contributed by atoms with van der Waals surface area (Å²) in [5, 5.41) is 11.9. The first-order chi connectivity index (χ1) is 7.25. The van der Waals surface area contributed by atoms with E-state index in [4.69, 9.17) is 5.11 Å². The molecule has 2 rings (SSSR count). The number of pyridine rings is 1. The third-order valence-corrected chi connectivity index (χ3v) is 2.25. The van der Waals surface area contributed by atoms with E-state index in [1.54, 1.807) is 6.20 Å². The maximum atomic E-state index is 10.6. The molecule has 0 saturated heterocycles. The summed E-state index contributed by atoms with van der Waals surface area (Å²) in [4.78, 5) is 14.7. The predicted octanol–water partition coefficient (Wildman–Crippen LogP) is 1.67. The number of nitrogens with zero attached hydrogens (tertiary/aromatic N) is 1. The number of carboxylic acids is 1. The second-order valence-corrected chi connectivity index (χ2v) is 3.49. The summed E-state index contributed by atoms with van der Waals surface area (Å²) in [5.41, 5.74) is 1.16. The van der Waals surface area contributed by atoms with Crippen LogP contribution in [0.4, 0.5) is 5.82 Å². The van der Waals surface area contributed by atoms with Crippen LogP contribution in [0.15, 0.2) is 36.0 Å². The zero-order valence-electron chi connectivity index (χ0n) is 8.18. The van der Waals surface area contributed by atoms with Crippen LogP contribution in [-0.4, -0.2) is 22.1 Å². The second kappa shape index (κ2) is 4.13. The Morgan fingerprint density at radius 2 is 2.40 bits per heavy atom. The number of allylic oxidation sites excluding steroid dienone is 1. The van der Waals surface area contributed by atoms with Crippen LogP contribution in [0.5, 0.6) is 0 Å². The molecule has 1 heterocycles. The van der Waals surface area contributed by atoms with Crippen molar-refractivity contribution in [1.29, 1.82) is 0 Å². The largest absolute Gasteiger partial charge is 0.481 e. The Hall–Kier alpha value is -1.84. The summed E-state index contributed by atoms with van der Waals surface area (Å²) < 4.78 is 0. The Balaban J connectivity index is 2.01. The molecule has 1 aliphatic rings. The first-order valence-electron chi connectivity index (χ1n) is 4.84. The van der Waals surface area contributed by atoms with E-state index in [1.807, 2.05) is 24.3 Å². The molecule has 4 heteroatoms. The van der Waals surface area contributed by atoms with Crippen LogP contribution < -0.4 is 5.32 Å². The van der Waals surface area contributed by atoms with Crippen molar-refractivity contribution in [2.75, 3.05) is 5.32 Å². The number of carboxylic acid groups (broad SMARTS) is 1. The third-order valence-electron chi connectivity index (χ3n) is 2.25. The molecule has 0 fully saturated rings. The van der Waals surface area contributed by atoms with Crippen LogP contribution in [0.2, 0.25) is 0 Å². The van der Waals surface area contributed by atoms with E-state index in [9.17, 15) is 4.79 Å². The molecule has 0 aliphatic heterocycles. The van der Waals surface area contributed by atoms with E-state index < -0.39 is 5.97 Å². The lowest BCUT2D eigenvalue weighted by Crippen LogP contribution is -2.22. The van der Waals surface area contributed by atoms with Gasteiger partial charge in [0.15, 0.2) is 0 Å². The van der Waals surface area contributed by atoms with Gasteiger partial charge in [-0.3, -0.25) is 4.79 Å². The van der Waals surface area contributed by atoms with Crippen LogP contribution in [0, 0.1) is 0 Å². The van der Waals surface area contributed by atoms with Crippen LogP contribution in [0.25, 0.3) is 0 Å². The lowest BCUT2D eigenvalue weighted by atomic mass is 10.1. The minimum Gasteiger partial charge on any atom is -0.481 e. The van der Waals surface area contributed by atoms with Gasteiger partial charge in [-0.15, -0.1) is 0 Å². The van der Waals surface area contributed by atoms with Crippen molar-refractivity contribution >= 4 is 11.8 Å². The maximum absolute atomic E-state index is 10.6. The number of hydrogen-bond donors (Lipinski definition) is 2. The van der Waals surface area contributed by atoms with E-state index in [0.717, 1.165) is 17.8 Å². The highest BCUT2D eigenvalue weighted by atomic mass is 16.4. The van der Waals surface area contributed by atoms with Crippen molar-refractivity contribution in [2.45, 2.75) is 18.9 Å². The SMILES string of the molecule is O=C(O)CC(Nc1ccccn1)C1=CC1. The molecule has 0 spiro atoms. The number of aromatic nitrogens is 1. The van der Waals surface area contributed by atoms with Crippen LogP contribution in [0.3, 0.4) is 0 Å². The molecule has 1 atom stereocenters. The van der Waals surface area contributed by atoms with Crippen molar-refractivity contribution in [3.8, 4) is 0 Å². The van der Waals surface area contributed by atoms with E-state index in [2.05, 4.69) is 10.3 Å². The van der Waals surface area contributed by atoms with Gasteiger partial charge in [0.2, 0.25) is 0 Å². The van der Waals surface area contributed by atoms with Crippen molar-refractivity contribution in [3.63, 3.8) is 0 Å². The molecule has 2 N–H and O–H groups in total. The average Bonchev–Trinajstić information content (AvgIpc) is 3.01. The monoisotopic (exact) mass is 204 g/mol. The summed E-state index contributed by atoms with van der Waals surface area (Å²) in [7, 11) is 0. The molecular formula is C11H12N2O2. The van der Waals surface area contributed by atoms with Gasteiger partial charge < -0.3 is 10.4 Å². The number of anilines is 1. The Labute approximate surface area is 87.7 Å². The molecule has 0 saturated carbocycles. The fourth-order valence-corrected chi connectivity index (χ4v) is 1.42. The number of aliphatic carboxylic acids is 1. The molecule has 1 aromatic heterocycles. The summed E-state index contributed by atoms with van der Waals surface area (Å²) in [6.07, 6.45) is 4.73. The molecule has 15 heavy (non-hydrogen) atoms. The molecule has 0 aromatic carbocycles. The van der Waals surface area contributed by atoms with Gasteiger partial charge in [-0.25, -0.2) is 4.98 Å². The summed E-state index contributed by atoms with van der Waals surface area (Å²) in [6, 6.07) is 5.41. The smallest absolute Gasteiger partial charge is 0.305 e. The number of rotatable bonds is 5. The molecule has 1 aromatic rings. The second-order valence-electron chi connectivity index (χ2n) is 3.49. The first-order valence-corrected chi connectivity index (χ1v) is 4.84. The van der Waals surface area contributed by atoms with E-state index in [0.29, 0.717) is 0 Å². The highest BCUT2D eigenvalue weighted by molar-refractivity contribution is 5.69. The predicted molar refractivity (Wildman–Crippen MR) is 56.6 cm³/mol. The topological polar surface area (TPSA) is 62.2 Å². The highest BCUT2D eigenvalue weighted by Crippen LogP contribution is 2.26. The van der Waals surface area contributed by atoms with Crippen molar-refractivity contribution in [2.24, 2.45) is 0 Å². The molecule has 4 nitrogen and oxygen atoms in total. The Morgan fingerprint density at radius 3 is 2.93 bits per heavy atom. The molecule has 0 radical (unpaired) electrons. The van der Waals surface area contributed by atoms with Crippen LogP contribution in [0.1, 0.15) is 12.8 Å². The van der Waals surface area contributed by atoms with Gasteiger partial charge in [0.05, 0.1) is 12.5 Å². The molecule has 78 valence electrons. The Morgan fingerprint density at radius 1 is 1.60 bits per heavy atom. The van der Waals surface area contributed by atoms with E-state index >= 15 is 0 Å². The van der Waals surface area contributed by atoms with Crippen molar-refractivity contribution < 1.29 is 9.90 Å². The average molecular weight is 204 g/mol. The van der Waals surface area contributed by atoms with E-state index in [-0.39, 0.29) is 12.5 Å². The highest BCUT2D eigenvalue weighted by Gasteiger charge is 2.23. The summed E-state index contributed by atoms with van der Waals surface area (Å²) >= 11 is 0. The summed E-state index contributed by atoms with van der Waals surface area (Å²) in [5.74, 6) is -0.0761. The van der Waals surface area contributed by atoms with Gasteiger partial charge >= 0.3 is 5.97 Å². The van der Waals surface area contributed by atoms with Gasteiger partial charge in [0.25, 0.3) is 0 Å². The number of nitrogens with one attached hydrogen (secondary N) is 1. The fraction of sp³-hybridized carbons (Fsp3) is 0.273. The maximum Gasteiger partial charge on any atom is 0.305 e. The molecule has 0 bridgehead atoms. The Kier molecular flexibility index (Phi) is 2.67. The number of carbonyl (C=O) groups is 1. The third kappa shape index (κ3) is 2.80. The Bertz CT molecular complexity index is 387. The minimum atomic E-state index is -0.795. The van der Waals surface area contributed by atoms with Crippen molar-refractivity contribution in [3.05, 3.63) is 36.0 Å². The minimum absolute atomic E-state index is 0.0996. The molecule has 1 unspecified atom stereocenters. The molecule has 1 aliphatic carbocycles. The zero-order valence-corrected chi connectivity index (χ0v) is 8.18. The van der Waals surface area contributed by atoms with E-state index in [1.165, 1.54) is 0 Å². The van der Waals surface area contributed by atoms with Gasteiger partial charge in [0, 0.05) is 6.20 Å². The quantitative estimate of drug-likeness (QED) is 0.716. The van der Waals surface area contributed by atoms with Gasteiger partial charge in [-0.1, -0.05) is 12.1 Å². The van der Waals surface area contributed by atoms with Gasteiger partial charge in [-0.2, -0.15) is 0 Å². The van der Waals surface area contributed by atoms with Gasteiger partial charge in [0.1, 0.15) is 5.82 Å². The molecule has 0 amide bonds.